The average molecular weight is 359 g/mol. The topological polar surface area (TPSA) is 62.8 Å². The fourth-order valence-electron chi connectivity index (χ4n) is 2.51. The maximum atomic E-state index is 12.7. The van der Waals surface area contributed by atoms with E-state index in [9.17, 15) is 9.59 Å². The van der Waals surface area contributed by atoms with Crippen LogP contribution in [-0.2, 0) is 11.8 Å². The number of nitrogens with zero attached hydrogens (tertiary/aromatic N) is 1. The summed E-state index contributed by atoms with van der Waals surface area (Å²) in [5.41, 5.74) is 2.53. The number of thioether (sulfide) groups is 1. The molecular formula is C20H26N2O2S. The molecule has 1 aromatic heterocycles. The Labute approximate surface area is 153 Å². The monoisotopic (exact) mass is 358 g/mol. The molecule has 0 amide bonds. The summed E-state index contributed by atoms with van der Waals surface area (Å²) in [5, 5.41) is 0.184. The Morgan fingerprint density at radius 3 is 2.44 bits per heavy atom. The van der Waals surface area contributed by atoms with E-state index in [0.29, 0.717) is 10.7 Å². The second kappa shape index (κ2) is 8.00. The Kier molecular flexibility index (Phi) is 6.22. The van der Waals surface area contributed by atoms with Crippen LogP contribution in [-0.4, -0.2) is 21.0 Å². The fourth-order valence-corrected chi connectivity index (χ4v) is 3.42. The number of ketones is 1. The van der Waals surface area contributed by atoms with Crippen molar-refractivity contribution in [1.82, 2.24) is 9.97 Å². The highest BCUT2D eigenvalue weighted by Crippen LogP contribution is 2.25. The Balaban J connectivity index is 2.14. The average Bonchev–Trinajstić information content (AvgIpc) is 2.53. The summed E-state index contributed by atoms with van der Waals surface area (Å²) in [7, 11) is 0. The van der Waals surface area contributed by atoms with Crippen molar-refractivity contribution < 1.29 is 4.79 Å². The summed E-state index contributed by atoms with van der Waals surface area (Å²) in [6.45, 7) is 10.3. The zero-order chi connectivity index (χ0) is 18.6. The summed E-state index contributed by atoms with van der Waals surface area (Å²) in [4.78, 5) is 31.6. The first-order valence-corrected chi connectivity index (χ1v) is 9.50. The largest absolute Gasteiger partial charge is 0.301 e. The van der Waals surface area contributed by atoms with Gasteiger partial charge < -0.3 is 4.98 Å². The second-order valence-corrected chi connectivity index (χ2v) is 8.57. The van der Waals surface area contributed by atoms with Crippen molar-refractivity contribution in [2.75, 3.05) is 0 Å². The van der Waals surface area contributed by atoms with Crippen LogP contribution in [0.1, 0.15) is 62.7 Å². The second-order valence-electron chi connectivity index (χ2n) is 7.24. The molecule has 0 bridgehead atoms. The van der Waals surface area contributed by atoms with Gasteiger partial charge >= 0.3 is 0 Å². The van der Waals surface area contributed by atoms with E-state index in [2.05, 4.69) is 30.7 Å². The number of H-pyrrole nitrogens is 1. The van der Waals surface area contributed by atoms with Crippen molar-refractivity contribution in [3.63, 3.8) is 0 Å². The standard InChI is InChI=1S/C20H26N2O2S/c1-6-7-16-12-17(23)22-19(21-16)25-13(2)18(24)14-8-10-15(11-9-14)20(3,4)5/h8-13H,6-7H2,1-5H3,(H,21,22,23)/t13-/m1/s1. The van der Waals surface area contributed by atoms with Crippen LogP contribution in [0.3, 0.4) is 0 Å². The van der Waals surface area contributed by atoms with Crippen LogP contribution in [0.5, 0.6) is 0 Å². The summed E-state index contributed by atoms with van der Waals surface area (Å²) in [6, 6.07) is 9.29. The van der Waals surface area contributed by atoms with Crippen LogP contribution in [0.2, 0.25) is 0 Å². The number of aromatic amines is 1. The number of aromatic nitrogens is 2. The molecule has 0 aliphatic heterocycles. The molecule has 2 aromatic rings. The van der Waals surface area contributed by atoms with Crippen LogP contribution in [0.25, 0.3) is 0 Å². The van der Waals surface area contributed by atoms with E-state index < -0.39 is 0 Å². The molecule has 1 heterocycles. The molecule has 1 aromatic carbocycles. The quantitative estimate of drug-likeness (QED) is 0.473. The number of aryl methyl sites for hydroxylation is 1. The summed E-state index contributed by atoms with van der Waals surface area (Å²) in [6.07, 6.45) is 1.68. The Morgan fingerprint density at radius 1 is 1.24 bits per heavy atom. The summed E-state index contributed by atoms with van der Waals surface area (Å²) in [5.74, 6) is 0.0361. The zero-order valence-corrected chi connectivity index (χ0v) is 16.4. The van der Waals surface area contributed by atoms with Gasteiger partial charge in [-0.2, -0.15) is 0 Å². The van der Waals surface area contributed by atoms with Crippen molar-refractivity contribution in [3.8, 4) is 0 Å². The van der Waals surface area contributed by atoms with Crippen molar-refractivity contribution in [1.29, 1.82) is 0 Å². The predicted octanol–water partition coefficient (Wildman–Crippen LogP) is 4.38. The van der Waals surface area contributed by atoms with Crippen molar-refractivity contribution in [2.24, 2.45) is 0 Å². The Morgan fingerprint density at radius 2 is 1.88 bits per heavy atom. The molecule has 4 nitrogen and oxygen atoms in total. The predicted molar refractivity (Wildman–Crippen MR) is 104 cm³/mol. The number of Topliss-reactive ketones (excluding diaryl/α,β-unsaturated/α-hetero) is 1. The molecule has 0 spiro atoms. The fraction of sp³-hybridized carbons (Fsp3) is 0.450. The molecule has 0 saturated carbocycles. The molecule has 0 fully saturated rings. The lowest BCUT2D eigenvalue weighted by molar-refractivity contribution is 0.0994. The van der Waals surface area contributed by atoms with Gasteiger partial charge in [0.15, 0.2) is 10.9 Å². The van der Waals surface area contributed by atoms with Gasteiger partial charge in [0.05, 0.1) is 5.25 Å². The molecule has 0 aliphatic rings. The highest BCUT2D eigenvalue weighted by Gasteiger charge is 2.19. The Hall–Kier alpha value is -1.88. The number of carbonyl (C=O) groups excluding carboxylic acids is 1. The normalized spacial score (nSPS) is 12.8. The highest BCUT2D eigenvalue weighted by atomic mass is 32.2. The summed E-state index contributed by atoms with van der Waals surface area (Å²) >= 11 is 1.29. The number of carbonyl (C=O) groups is 1. The third kappa shape index (κ3) is 5.30. The van der Waals surface area contributed by atoms with Gasteiger partial charge in [-0.25, -0.2) is 4.98 Å². The molecule has 0 radical (unpaired) electrons. The van der Waals surface area contributed by atoms with Gasteiger partial charge in [-0.15, -0.1) is 0 Å². The maximum absolute atomic E-state index is 12.7. The van der Waals surface area contributed by atoms with E-state index in [1.165, 1.54) is 23.4 Å². The van der Waals surface area contributed by atoms with Gasteiger partial charge in [0.2, 0.25) is 0 Å². The third-order valence-corrected chi connectivity index (χ3v) is 4.96. The molecule has 0 saturated heterocycles. The van der Waals surface area contributed by atoms with E-state index in [-0.39, 0.29) is 22.0 Å². The van der Waals surface area contributed by atoms with Crippen LogP contribution in [0.15, 0.2) is 40.3 Å². The van der Waals surface area contributed by atoms with Gasteiger partial charge in [0.1, 0.15) is 0 Å². The van der Waals surface area contributed by atoms with Crippen molar-refractivity contribution in [3.05, 3.63) is 57.5 Å². The van der Waals surface area contributed by atoms with Crippen molar-refractivity contribution in [2.45, 2.75) is 63.3 Å². The van der Waals surface area contributed by atoms with E-state index in [1.807, 2.05) is 38.1 Å². The van der Waals surface area contributed by atoms with Crippen LogP contribution >= 0.6 is 11.8 Å². The van der Waals surface area contributed by atoms with Crippen LogP contribution in [0.4, 0.5) is 0 Å². The molecular weight excluding hydrogens is 332 g/mol. The minimum absolute atomic E-state index is 0.0361. The molecule has 25 heavy (non-hydrogen) atoms. The van der Waals surface area contributed by atoms with Crippen LogP contribution in [0, 0.1) is 0 Å². The first-order chi connectivity index (χ1) is 11.7. The van der Waals surface area contributed by atoms with Gasteiger partial charge in [-0.05, 0) is 24.3 Å². The number of hydrogen-bond donors (Lipinski definition) is 1. The van der Waals surface area contributed by atoms with E-state index in [1.54, 1.807) is 0 Å². The third-order valence-electron chi connectivity index (χ3n) is 3.97. The molecule has 0 unspecified atom stereocenters. The number of hydrogen-bond acceptors (Lipinski definition) is 4. The van der Waals surface area contributed by atoms with E-state index in [4.69, 9.17) is 0 Å². The molecule has 1 N–H and O–H groups in total. The SMILES string of the molecule is CCCc1cc(=O)[nH]c(S[C@H](C)C(=O)c2ccc(C(C)(C)C)cc2)n1. The Bertz CT molecular complexity index is 789. The van der Waals surface area contributed by atoms with Gasteiger partial charge in [-0.3, -0.25) is 9.59 Å². The minimum Gasteiger partial charge on any atom is -0.301 e. The van der Waals surface area contributed by atoms with E-state index >= 15 is 0 Å². The lowest BCUT2D eigenvalue weighted by Crippen LogP contribution is -2.17. The molecule has 2 rings (SSSR count). The van der Waals surface area contributed by atoms with Gasteiger partial charge in [0.25, 0.3) is 5.56 Å². The zero-order valence-electron chi connectivity index (χ0n) is 15.6. The maximum Gasteiger partial charge on any atom is 0.251 e. The smallest absolute Gasteiger partial charge is 0.251 e. The number of rotatable bonds is 6. The first-order valence-electron chi connectivity index (χ1n) is 8.62. The number of benzene rings is 1. The lowest BCUT2D eigenvalue weighted by Gasteiger charge is -2.19. The van der Waals surface area contributed by atoms with Crippen LogP contribution < -0.4 is 5.56 Å². The molecule has 134 valence electrons. The minimum atomic E-state index is -0.319. The number of nitrogens with one attached hydrogen (secondary N) is 1. The lowest BCUT2D eigenvalue weighted by atomic mass is 9.86. The van der Waals surface area contributed by atoms with E-state index in [0.717, 1.165) is 18.5 Å². The highest BCUT2D eigenvalue weighted by molar-refractivity contribution is 8.00. The first kappa shape index (κ1) is 19.4. The van der Waals surface area contributed by atoms with Gasteiger partial charge in [0, 0.05) is 17.3 Å². The van der Waals surface area contributed by atoms with Crippen molar-refractivity contribution >= 4 is 17.5 Å². The summed E-state index contributed by atoms with van der Waals surface area (Å²) < 4.78 is 0. The molecule has 1 atom stereocenters. The molecule has 0 aliphatic carbocycles. The van der Waals surface area contributed by atoms with Gasteiger partial charge in [-0.1, -0.05) is 70.1 Å². The molecule has 5 heteroatoms.